The van der Waals surface area contributed by atoms with Gasteiger partial charge in [-0.05, 0) is 62.0 Å². The largest absolute Gasteiger partial charge is 0.297 e. The summed E-state index contributed by atoms with van der Waals surface area (Å²) in [5.41, 5.74) is 2.96. The van der Waals surface area contributed by atoms with Crippen molar-refractivity contribution in [2.24, 2.45) is 0 Å². The fraction of sp³-hybridized carbons (Fsp3) is 0.435. The standard InChI is InChI=1S/C23H26N4OS/c1-3-26(4-2)15-20-25-22-21(18-7-5-6-8-19(18)29-22)23(28)27(20)14-17-11-9-16(13-24)10-12-17/h9-12H,3-8,14-15H2,1-2H3. The van der Waals surface area contributed by atoms with Crippen molar-refractivity contribution in [2.75, 3.05) is 13.1 Å². The molecular formula is C23H26N4OS. The number of hydrogen-bond donors (Lipinski definition) is 0. The number of hydrogen-bond acceptors (Lipinski definition) is 5. The van der Waals surface area contributed by atoms with E-state index >= 15 is 0 Å². The van der Waals surface area contributed by atoms with Crippen molar-refractivity contribution in [1.29, 1.82) is 5.26 Å². The van der Waals surface area contributed by atoms with E-state index in [1.165, 1.54) is 16.9 Å². The minimum Gasteiger partial charge on any atom is -0.297 e. The second-order valence-electron chi connectivity index (χ2n) is 7.58. The molecule has 0 spiro atoms. The van der Waals surface area contributed by atoms with Crippen molar-refractivity contribution in [1.82, 2.24) is 14.5 Å². The maximum absolute atomic E-state index is 13.6. The second-order valence-corrected chi connectivity index (χ2v) is 8.66. The van der Waals surface area contributed by atoms with Gasteiger partial charge in [0, 0.05) is 4.88 Å². The highest BCUT2D eigenvalue weighted by Crippen LogP contribution is 2.34. The number of aryl methyl sites for hydroxylation is 2. The Kier molecular flexibility index (Phi) is 5.79. The molecule has 0 aliphatic heterocycles. The number of benzene rings is 1. The van der Waals surface area contributed by atoms with E-state index in [-0.39, 0.29) is 5.56 Å². The van der Waals surface area contributed by atoms with Gasteiger partial charge in [0.2, 0.25) is 0 Å². The first-order valence-corrected chi connectivity index (χ1v) is 11.2. The van der Waals surface area contributed by atoms with Crippen LogP contribution < -0.4 is 5.56 Å². The first kappa shape index (κ1) is 19.8. The molecule has 6 heteroatoms. The van der Waals surface area contributed by atoms with E-state index in [1.54, 1.807) is 11.3 Å². The fourth-order valence-corrected chi connectivity index (χ4v) is 5.35. The summed E-state index contributed by atoms with van der Waals surface area (Å²) >= 11 is 1.71. The molecule has 0 atom stereocenters. The molecule has 0 N–H and O–H groups in total. The SMILES string of the molecule is CCN(CC)Cc1nc2sc3c(c2c(=O)n1Cc1ccc(C#N)cc1)CCCC3. The Bertz CT molecular complexity index is 1120. The highest BCUT2D eigenvalue weighted by atomic mass is 32.1. The second kappa shape index (κ2) is 8.48. The van der Waals surface area contributed by atoms with Crippen LogP contribution in [0, 0.1) is 11.3 Å². The first-order valence-electron chi connectivity index (χ1n) is 10.4. The lowest BCUT2D eigenvalue weighted by Crippen LogP contribution is -2.31. The Morgan fingerprint density at radius 1 is 1.17 bits per heavy atom. The van der Waals surface area contributed by atoms with Crippen molar-refractivity contribution in [2.45, 2.75) is 52.6 Å². The van der Waals surface area contributed by atoms with Gasteiger partial charge in [0.25, 0.3) is 5.56 Å². The Hall–Kier alpha value is -2.49. The highest BCUT2D eigenvalue weighted by Gasteiger charge is 2.22. The molecule has 2 aromatic heterocycles. The maximum atomic E-state index is 13.6. The van der Waals surface area contributed by atoms with E-state index < -0.39 is 0 Å². The van der Waals surface area contributed by atoms with Crippen molar-refractivity contribution >= 4 is 21.6 Å². The van der Waals surface area contributed by atoms with Gasteiger partial charge in [-0.3, -0.25) is 14.3 Å². The Morgan fingerprint density at radius 2 is 1.90 bits per heavy atom. The monoisotopic (exact) mass is 406 g/mol. The summed E-state index contributed by atoms with van der Waals surface area (Å²) in [6.07, 6.45) is 4.40. The minimum absolute atomic E-state index is 0.0842. The van der Waals surface area contributed by atoms with Gasteiger partial charge >= 0.3 is 0 Å². The number of nitrogens with zero attached hydrogens (tertiary/aromatic N) is 4. The summed E-state index contributed by atoms with van der Waals surface area (Å²) in [7, 11) is 0. The van der Waals surface area contributed by atoms with Crippen LogP contribution in [0.1, 0.15) is 54.1 Å². The van der Waals surface area contributed by atoms with Crippen molar-refractivity contribution in [3.63, 3.8) is 0 Å². The normalized spacial score (nSPS) is 13.6. The van der Waals surface area contributed by atoms with Gasteiger partial charge in [-0.25, -0.2) is 4.98 Å². The molecule has 0 fully saturated rings. The summed E-state index contributed by atoms with van der Waals surface area (Å²) < 4.78 is 1.85. The van der Waals surface area contributed by atoms with Crippen LogP contribution in [0.4, 0.5) is 0 Å². The quantitative estimate of drug-likeness (QED) is 0.618. The average Bonchev–Trinajstić information content (AvgIpc) is 3.13. The molecule has 2 heterocycles. The third kappa shape index (κ3) is 3.85. The van der Waals surface area contributed by atoms with Crippen LogP contribution in [0.25, 0.3) is 10.2 Å². The number of rotatable bonds is 6. The van der Waals surface area contributed by atoms with E-state index in [2.05, 4.69) is 24.8 Å². The van der Waals surface area contributed by atoms with Gasteiger partial charge in [-0.2, -0.15) is 5.26 Å². The van der Waals surface area contributed by atoms with Crippen molar-refractivity contribution < 1.29 is 0 Å². The molecule has 29 heavy (non-hydrogen) atoms. The van der Waals surface area contributed by atoms with E-state index in [9.17, 15) is 4.79 Å². The number of fused-ring (bicyclic) bond motifs is 3. The zero-order valence-corrected chi connectivity index (χ0v) is 17.9. The lowest BCUT2D eigenvalue weighted by Gasteiger charge is -2.20. The van der Waals surface area contributed by atoms with Crippen molar-refractivity contribution in [3.05, 3.63) is 62.0 Å². The van der Waals surface area contributed by atoms with Crippen molar-refractivity contribution in [3.8, 4) is 6.07 Å². The third-order valence-corrected chi connectivity index (χ3v) is 7.02. The zero-order valence-electron chi connectivity index (χ0n) is 17.1. The van der Waals surface area contributed by atoms with Crippen LogP contribution in [0.15, 0.2) is 29.1 Å². The van der Waals surface area contributed by atoms with E-state index in [0.717, 1.165) is 54.0 Å². The lowest BCUT2D eigenvalue weighted by atomic mass is 9.97. The van der Waals surface area contributed by atoms with Gasteiger partial charge in [0.05, 0.1) is 30.1 Å². The highest BCUT2D eigenvalue weighted by molar-refractivity contribution is 7.18. The predicted molar refractivity (Wildman–Crippen MR) is 117 cm³/mol. The summed E-state index contributed by atoms with van der Waals surface area (Å²) in [6.45, 7) is 7.25. The van der Waals surface area contributed by atoms with Crippen LogP contribution in [0.5, 0.6) is 0 Å². The summed E-state index contributed by atoms with van der Waals surface area (Å²) in [5, 5.41) is 9.88. The Labute approximate surface area is 175 Å². The number of aromatic nitrogens is 2. The summed E-state index contributed by atoms with van der Waals surface area (Å²) in [5.74, 6) is 0.828. The predicted octanol–water partition coefficient (Wildman–Crippen LogP) is 4.10. The molecule has 150 valence electrons. The van der Waals surface area contributed by atoms with Gasteiger partial charge in [0.15, 0.2) is 0 Å². The molecule has 0 saturated heterocycles. The molecule has 1 aliphatic rings. The molecule has 0 saturated carbocycles. The Morgan fingerprint density at radius 3 is 2.59 bits per heavy atom. The van der Waals surface area contributed by atoms with E-state index in [0.29, 0.717) is 18.7 Å². The summed E-state index contributed by atoms with van der Waals surface area (Å²) in [6, 6.07) is 9.63. The first-order chi connectivity index (χ1) is 14.1. The fourth-order valence-electron chi connectivity index (χ4n) is 4.08. The van der Waals surface area contributed by atoms with Crippen LogP contribution >= 0.6 is 11.3 Å². The number of nitriles is 1. The maximum Gasteiger partial charge on any atom is 0.262 e. The molecule has 3 aromatic rings. The topological polar surface area (TPSA) is 61.9 Å². The third-order valence-electron chi connectivity index (χ3n) is 5.84. The lowest BCUT2D eigenvalue weighted by molar-refractivity contribution is 0.282. The molecule has 0 unspecified atom stereocenters. The molecule has 0 radical (unpaired) electrons. The van der Waals surface area contributed by atoms with Crippen LogP contribution in [0.3, 0.4) is 0 Å². The Balaban J connectivity index is 1.84. The van der Waals surface area contributed by atoms with Crippen LogP contribution in [-0.4, -0.2) is 27.5 Å². The summed E-state index contributed by atoms with van der Waals surface area (Å²) in [4.78, 5) is 23.2. The molecule has 0 bridgehead atoms. The van der Waals surface area contributed by atoms with Gasteiger partial charge in [0.1, 0.15) is 10.7 Å². The van der Waals surface area contributed by atoms with Gasteiger partial charge in [-0.1, -0.05) is 26.0 Å². The molecule has 1 aromatic carbocycles. The van der Waals surface area contributed by atoms with Crippen LogP contribution in [0.2, 0.25) is 0 Å². The van der Waals surface area contributed by atoms with Gasteiger partial charge < -0.3 is 0 Å². The van der Waals surface area contributed by atoms with Crippen LogP contribution in [-0.2, 0) is 25.9 Å². The van der Waals surface area contributed by atoms with Gasteiger partial charge in [-0.15, -0.1) is 11.3 Å². The molecular weight excluding hydrogens is 380 g/mol. The smallest absolute Gasteiger partial charge is 0.262 e. The molecule has 5 nitrogen and oxygen atoms in total. The molecule has 1 aliphatic carbocycles. The molecule has 0 amide bonds. The zero-order chi connectivity index (χ0) is 20.4. The average molecular weight is 407 g/mol. The van der Waals surface area contributed by atoms with E-state index in [1.807, 2.05) is 28.8 Å². The van der Waals surface area contributed by atoms with E-state index in [4.69, 9.17) is 10.2 Å². The number of thiophene rings is 1. The molecule has 4 rings (SSSR count). The minimum atomic E-state index is 0.0842.